The van der Waals surface area contributed by atoms with Crippen molar-refractivity contribution in [2.24, 2.45) is 0 Å². The summed E-state index contributed by atoms with van der Waals surface area (Å²) in [4.78, 5) is 11.3. The Morgan fingerprint density at radius 3 is 3.07 bits per heavy atom. The van der Waals surface area contributed by atoms with Gasteiger partial charge < -0.3 is 9.47 Å². The Morgan fingerprint density at radius 1 is 1.60 bits per heavy atom. The lowest BCUT2D eigenvalue weighted by Crippen LogP contribution is -2.07. The smallest absolute Gasteiger partial charge is 0.359 e. The molecule has 0 fully saturated rings. The minimum absolute atomic E-state index is 0.177. The van der Waals surface area contributed by atoms with E-state index < -0.39 is 5.97 Å². The predicted octanol–water partition coefficient (Wildman–Crippen LogP) is 1.27. The Kier molecular flexibility index (Phi) is 4.28. The third-order valence-electron chi connectivity index (χ3n) is 1.64. The van der Waals surface area contributed by atoms with Crippen molar-refractivity contribution in [1.29, 1.82) is 0 Å². The second-order valence-corrected chi connectivity index (χ2v) is 2.58. The minimum Gasteiger partial charge on any atom is -0.501 e. The van der Waals surface area contributed by atoms with Crippen LogP contribution in [-0.4, -0.2) is 29.9 Å². The van der Waals surface area contributed by atoms with Gasteiger partial charge in [-0.15, -0.1) is 5.10 Å². The molecule has 0 aliphatic heterocycles. The lowest BCUT2D eigenvalue weighted by atomic mass is 10.2. The van der Waals surface area contributed by atoms with E-state index in [-0.39, 0.29) is 5.69 Å². The third kappa shape index (κ3) is 3.05. The van der Waals surface area contributed by atoms with Crippen molar-refractivity contribution in [3.63, 3.8) is 0 Å². The van der Waals surface area contributed by atoms with Crippen LogP contribution in [0.5, 0.6) is 0 Å². The van der Waals surface area contributed by atoms with Gasteiger partial charge in [0, 0.05) is 5.56 Å². The summed E-state index contributed by atoms with van der Waals surface area (Å²) in [5.41, 5.74) is 0.793. The highest BCUT2D eigenvalue weighted by atomic mass is 16.5. The molecule has 0 bridgehead atoms. The summed E-state index contributed by atoms with van der Waals surface area (Å²) in [6, 6.07) is 1.66. The fourth-order valence-corrected chi connectivity index (χ4v) is 0.949. The van der Waals surface area contributed by atoms with Crippen molar-refractivity contribution in [3.8, 4) is 0 Å². The normalized spacial score (nSPS) is 10.3. The average Bonchev–Trinajstić information content (AvgIpc) is 2.29. The number of carbonyl (C=O) groups is 1. The van der Waals surface area contributed by atoms with E-state index in [1.165, 1.54) is 19.6 Å². The first kappa shape index (κ1) is 11.2. The predicted molar refractivity (Wildman–Crippen MR) is 54.0 cm³/mol. The molecule has 0 aliphatic carbocycles. The van der Waals surface area contributed by atoms with Gasteiger partial charge in [0.05, 0.1) is 26.2 Å². The summed E-state index contributed by atoms with van der Waals surface area (Å²) in [6.07, 6.45) is 4.64. The zero-order valence-electron chi connectivity index (χ0n) is 8.64. The molecule has 1 aromatic rings. The second-order valence-electron chi connectivity index (χ2n) is 2.58. The van der Waals surface area contributed by atoms with Crippen molar-refractivity contribution in [2.45, 2.75) is 6.92 Å². The van der Waals surface area contributed by atoms with E-state index in [2.05, 4.69) is 14.9 Å². The van der Waals surface area contributed by atoms with Gasteiger partial charge in [-0.3, -0.25) is 0 Å². The molecule has 0 radical (unpaired) electrons. The maximum Gasteiger partial charge on any atom is 0.359 e. The molecule has 0 N–H and O–H groups in total. The first-order chi connectivity index (χ1) is 7.29. The van der Waals surface area contributed by atoms with E-state index in [0.717, 1.165) is 0 Å². The van der Waals surface area contributed by atoms with Gasteiger partial charge in [0.25, 0.3) is 0 Å². The van der Waals surface area contributed by atoms with E-state index >= 15 is 0 Å². The molecule has 0 atom stereocenters. The molecule has 80 valence electrons. The Hall–Kier alpha value is -1.91. The molecule has 0 aliphatic rings. The van der Waals surface area contributed by atoms with E-state index in [4.69, 9.17) is 4.74 Å². The van der Waals surface area contributed by atoms with Crippen LogP contribution in [0, 0.1) is 0 Å². The fourth-order valence-electron chi connectivity index (χ4n) is 0.949. The summed E-state index contributed by atoms with van der Waals surface area (Å²) >= 11 is 0. The minimum atomic E-state index is -0.515. The van der Waals surface area contributed by atoms with Crippen LogP contribution in [0.1, 0.15) is 23.0 Å². The number of methoxy groups -OCH3 is 1. The zero-order chi connectivity index (χ0) is 11.1. The van der Waals surface area contributed by atoms with Gasteiger partial charge >= 0.3 is 5.97 Å². The van der Waals surface area contributed by atoms with Crippen molar-refractivity contribution < 1.29 is 14.3 Å². The van der Waals surface area contributed by atoms with Crippen molar-refractivity contribution in [3.05, 3.63) is 29.8 Å². The van der Waals surface area contributed by atoms with Crippen LogP contribution in [0.15, 0.2) is 18.5 Å². The number of nitrogens with zero attached hydrogens (tertiary/aromatic N) is 2. The monoisotopic (exact) mass is 208 g/mol. The van der Waals surface area contributed by atoms with Crippen LogP contribution in [0.3, 0.4) is 0 Å². The van der Waals surface area contributed by atoms with Crippen LogP contribution in [-0.2, 0) is 9.47 Å². The SMILES string of the molecule is CCOC=Cc1ccnnc1C(=O)OC. The Labute approximate surface area is 87.7 Å². The lowest BCUT2D eigenvalue weighted by Gasteiger charge is -2.00. The van der Waals surface area contributed by atoms with Gasteiger partial charge in [0.15, 0.2) is 5.69 Å². The summed E-state index contributed by atoms with van der Waals surface area (Å²) in [6.45, 7) is 2.44. The van der Waals surface area contributed by atoms with Crippen molar-refractivity contribution in [2.75, 3.05) is 13.7 Å². The molecule has 1 heterocycles. The molecule has 5 heteroatoms. The molecular weight excluding hydrogens is 196 g/mol. The molecule has 0 unspecified atom stereocenters. The van der Waals surface area contributed by atoms with Crippen LogP contribution in [0.25, 0.3) is 6.08 Å². The lowest BCUT2D eigenvalue weighted by molar-refractivity contribution is 0.0592. The molecule has 1 rings (SSSR count). The molecule has 0 spiro atoms. The first-order valence-corrected chi connectivity index (χ1v) is 4.47. The number of hydrogen-bond donors (Lipinski definition) is 0. The number of hydrogen-bond acceptors (Lipinski definition) is 5. The number of aromatic nitrogens is 2. The average molecular weight is 208 g/mol. The molecule has 5 nitrogen and oxygen atoms in total. The molecule has 1 aromatic heterocycles. The highest BCUT2D eigenvalue weighted by molar-refractivity contribution is 5.91. The summed E-state index contributed by atoms with van der Waals surface area (Å²) in [7, 11) is 1.30. The topological polar surface area (TPSA) is 61.3 Å². The van der Waals surface area contributed by atoms with Crippen LogP contribution in [0.2, 0.25) is 0 Å². The highest BCUT2D eigenvalue weighted by Gasteiger charge is 2.11. The van der Waals surface area contributed by atoms with E-state index in [1.807, 2.05) is 6.92 Å². The third-order valence-corrected chi connectivity index (χ3v) is 1.64. The van der Waals surface area contributed by atoms with Crippen LogP contribution >= 0.6 is 0 Å². The summed E-state index contributed by atoms with van der Waals surface area (Å²) < 4.78 is 9.59. The van der Waals surface area contributed by atoms with E-state index in [9.17, 15) is 4.79 Å². The highest BCUT2D eigenvalue weighted by Crippen LogP contribution is 2.07. The summed E-state index contributed by atoms with van der Waals surface area (Å²) in [5, 5.41) is 7.31. The second kappa shape index (κ2) is 5.74. The number of carbonyl (C=O) groups excluding carboxylic acids is 1. The molecule has 0 aromatic carbocycles. The molecule has 0 amide bonds. The fraction of sp³-hybridized carbons (Fsp3) is 0.300. The van der Waals surface area contributed by atoms with Gasteiger partial charge in [0.2, 0.25) is 0 Å². The quantitative estimate of drug-likeness (QED) is 0.550. The zero-order valence-corrected chi connectivity index (χ0v) is 8.64. The Morgan fingerprint density at radius 2 is 2.40 bits per heavy atom. The van der Waals surface area contributed by atoms with Crippen molar-refractivity contribution >= 4 is 12.0 Å². The van der Waals surface area contributed by atoms with Gasteiger partial charge in [-0.25, -0.2) is 4.79 Å². The number of rotatable bonds is 4. The summed E-state index contributed by atoms with van der Waals surface area (Å²) in [5.74, 6) is -0.515. The standard InChI is InChI=1S/C10H12N2O3/c1-3-15-7-5-8-4-6-11-12-9(8)10(13)14-2/h4-7H,3H2,1-2H3. The van der Waals surface area contributed by atoms with Gasteiger partial charge in [-0.05, 0) is 19.1 Å². The maximum atomic E-state index is 11.3. The first-order valence-electron chi connectivity index (χ1n) is 4.47. The van der Waals surface area contributed by atoms with Crippen molar-refractivity contribution in [1.82, 2.24) is 10.2 Å². The largest absolute Gasteiger partial charge is 0.501 e. The molecule has 0 saturated heterocycles. The van der Waals surface area contributed by atoms with Gasteiger partial charge in [-0.2, -0.15) is 5.10 Å². The van der Waals surface area contributed by atoms with Crippen LogP contribution in [0.4, 0.5) is 0 Å². The molecular formula is C10H12N2O3. The van der Waals surface area contributed by atoms with Gasteiger partial charge in [-0.1, -0.05) is 0 Å². The van der Waals surface area contributed by atoms with E-state index in [1.54, 1.807) is 12.1 Å². The van der Waals surface area contributed by atoms with Gasteiger partial charge in [0.1, 0.15) is 0 Å². The molecule has 0 saturated carbocycles. The Bertz CT molecular complexity index is 363. The molecule has 15 heavy (non-hydrogen) atoms. The van der Waals surface area contributed by atoms with E-state index in [0.29, 0.717) is 12.2 Å². The Balaban J connectivity index is 2.91. The number of esters is 1. The maximum absolute atomic E-state index is 11.3. The number of ether oxygens (including phenoxy) is 2. The van der Waals surface area contributed by atoms with Crippen LogP contribution < -0.4 is 0 Å².